The second kappa shape index (κ2) is 7.34. The largest absolute Gasteiger partial charge is 0.392 e. The van der Waals surface area contributed by atoms with Gasteiger partial charge in [-0.15, -0.1) is 0 Å². The highest BCUT2D eigenvalue weighted by atomic mass is 16.4. The van der Waals surface area contributed by atoms with Crippen LogP contribution in [0.2, 0.25) is 0 Å². The number of nitrogens with one attached hydrogen (secondary N) is 1. The van der Waals surface area contributed by atoms with Crippen LogP contribution >= 0.6 is 0 Å². The summed E-state index contributed by atoms with van der Waals surface area (Å²) in [5.74, 6) is 0. The lowest BCUT2D eigenvalue weighted by molar-refractivity contribution is -0.0805. The maximum atomic E-state index is 10.0. The Hall–Kier alpha value is -0.880. The van der Waals surface area contributed by atoms with Gasteiger partial charge in [-0.2, -0.15) is 0 Å². The van der Waals surface area contributed by atoms with E-state index in [2.05, 4.69) is 5.32 Å². The van der Waals surface area contributed by atoms with E-state index >= 15 is 0 Å². The Morgan fingerprint density at radius 2 is 1.00 bits per heavy atom. The van der Waals surface area contributed by atoms with Gasteiger partial charge in [0.05, 0.1) is 25.3 Å². The molecule has 8 atom stereocenters. The van der Waals surface area contributed by atoms with Gasteiger partial charge in [-0.25, -0.2) is 0 Å². The predicted molar refractivity (Wildman–Crippen MR) is 77.1 cm³/mol. The van der Waals surface area contributed by atoms with Crippen molar-refractivity contribution in [3.8, 4) is 0 Å². The molecule has 2 aliphatic carbocycles. The van der Waals surface area contributed by atoms with Crippen molar-refractivity contribution in [2.24, 2.45) is 0 Å². The van der Waals surface area contributed by atoms with Crippen molar-refractivity contribution in [3.63, 3.8) is 0 Å². The highest BCUT2D eigenvalue weighted by Crippen LogP contribution is 2.24. The second-order valence-electron chi connectivity index (χ2n) is 5.87. The first-order chi connectivity index (χ1) is 10.8. The SMILES string of the molecule is OCC1=CC(NC2C=C(CO)C(O)C(O)C2O)C(O)C(O)C1O. The lowest BCUT2D eigenvalue weighted by atomic mass is 9.85. The van der Waals surface area contributed by atoms with Crippen molar-refractivity contribution in [2.45, 2.75) is 48.7 Å². The first-order valence-electron chi connectivity index (χ1n) is 7.29. The van der Waals surface area contributed by atoms with Crippen LogP contribution in [0.1, 0.15) is 0 Å². The standard InChI is InChI=1S/C14H23NO8/c16-3-5-1-7(11(20)13(22)9(5)18)15-8-2-6(4-17)10(19)14(23)12(8)21/h1-2,7-23H,3-4H2. The molecule has 0 fully saturated rings. The quantitative estimate of drug-likeness (QED) is 0.229. The summed E-state index contributed by atoms with van der Waals surface area (Å²) in [6.45, 7) is -1.04. The van der Waals surface area contributed by atoms with Gasteiger partial charge < -0.3 is 40.9 Å². The Kier molecular flexibility index (Phi) is 5.89. The summed E-state index contributed by atoms with van der Waals surface area (Å²) >= 11 is 0. The van der Waals surface area contributed by atoms with Crippen molar-refractivity contribution < 1.29 is 40.9 Å². The minimum absolute atomic E-state index is 0.109. The zero-order valence-electron chi connectivity index (χ0n) is 12.3. The van der Waals surface area contributed by atoms with E-state index in [0.717, 1.165) is 0 Å². The molecule has 0 aliphatic heterocycles. The molecular formula is C14H23NO8. The van der Waals surface area contributed by atoms with Gasteiger partial charge in [-0.1, -0.05) is 12.2 Å². The molecule has 0 saturated heterocycles. The van der Waals surface area contributed by atoms with Crippen LogP contribution in [0.25, 0.3) is 0 Å². The average Bonchev–Trinajstić information content (AvgIpc) is 2.55. The third kappa shape index (κ3) is 3.48. The normalized spacial score (nSPS) is 44.7. The van der Waals surface area contributed by atoms with Gasteiger partial charge in [0.2, 0.25) is 0 Å². The maximum absolute atomic E-state index is 10.0. The molecule has 9 nitrogen and oxygen atoms in total. The molecule has 0 bridgehead atoms. The highest BCUT2D eigenvalue weighted by Gasteiger charge is 2.41. The summed E-state index contributed by atoms with van der Waals surface area (Å²) < 4.78 is 0. The Morgan fingerprint density at radius 1 is 0.652 bits per heavy atom. The Labute approximate surface area is 132 Å². The summed E-state index contributed by atoms with van der Waals surface area (Å²) in [5, 5.41) is 80.2. The fourth-order valence-electron chi connectivity index (χ4n) is 2.90. The third-order valence-electron chi connectivity index (χ3n) is 4.38. The number of rotatable bonds is 4. The van der Waals surface area contributed by atoms with Gasteiger partial charge in [-0.3, -0.25) is 5.32 Å². The van der Waals surface area contributed by atoms with Crippen molar-refractivity contribution in [1.82, 2.24) is 5.32 Å². The number of hydrogen-bond acceptors (Lipinski definition) is 9. The summed E-state index contributed by atoms with van der Waals surface area (Å²) in [5.41, 5.74) is 0.218. The van der Waals surface area contributed by atoms with Crippen LogP contribution in [0.15, 0.2) is 23.3 Å². The van der Waals surface area contributed by atoms with Crippen molar-refractivity contribution >= 4 is 0 Å². The fourth-order valence-corrected chi connectivity index (χ4v) is 2.90. The molecule has 8 unspecified atom stereocenters. The van der Waals surface area contributed by atoms with Gasteiger partial charge in [0.15, 0.2) is 0 Å². The van der Waals surface area contributed by atoms with Crippen molar-refractivity contribution in [2.75, 3.05) is 13.2 Å². The van der Waals surface area contributed by atoms with Gasteiger partial charge in [0.25, 0.3) is 0 Å². The maximum Gasteiger partial charge on any atom is 0.111 e. The molecule has 9 heteroatoms. The van der Waals surface area contributed by atoms with E-state index in [0.29, 0.717) is 0 Å². The Morgan fingerprint density at radius 3 is 1.30 bits per heavy atom. The average molecular weight is 333 g/mol. The summed E-state index contributed by atoms with van der Waals surface area (Å²) in [7, 11) is 0. The molecule has 0 aromatic carbocycles. The molecule has 132 valence electrons. The van der Waals surface area contributed by atoms with Crippen LogP contribution in [0.4, 0.5) is 0 Å². The smallest absolute Gasteiger partial charge is 0.111 e. The molecule has 0 spiro atoms. The summed E-state index contributed by atoms with van der Waals surface area (Å²) in [6.07, 6.45) is -6.03. The van der Waals surface area contributed by atoms with Crippen LogP contribution in [0.3, 0.4) is 0 Å². The van der Waals surface area contributed by atoms with Crippen LogP contribution < -0.4 is 5.32 Å². The van der Waals surface area contributed by atoms with E-state index in [1.165, 1.54) is 12.2 Å². The molecule has 0 radical (unpaired) electrons. The number of hydrogen-bond donors (Lipinski definition) is 9. The summed E-state index contributed by atoms with van der Waals surface area (Å²) in [6, 6.07) is -1.84. The minimum atomic E-state index is -1.53. The van der Waals surface area contributed by atoms with Crippen molar-refractivity contribution in [3.05, 3.63) is 23.3 Å². The number of aliphatic hydroxyl groups is 8. The van der Waals surface area contributed by atoms with E-state index < -0.39 is 61.9 Å². The van der Waals surface area contributed by atoms with Crippen LogP contribution in [-0.4, -0.2) is 103 Å². The molecule has 0 heterocycles. The zero-order valence-corrected chi connectivity index (χ0v) is 12.3. The molecule has 23 heavy (non-hydrogen) atoms. The molecule has 0 amide bonds. The topological polar surface area (TPSA) is 174 Å². The molecule has 0 aromatic rings. The van der Waals surface area contributed by atoms with Crippen LogP contribution in [0, 0.1) is 0 Å². The first kappa shape index (κ1) is 18.5. The monoisotopic (exact) mass is 333 g/mol. The van der Waals surface area contributed by atoms with Crippen LogP contribution in [0.5, 0.6) is 0 Å². The Bertz CT molecular complexity index is 439. The second-order valence-corrected chi connectivity index (χ2v) is 5.87. The molecule has 2 aliphatic rings. The Balaban J connectivity index is 2.23. The van der Waals surface area contributed by atoms with E-state index in [1.54, 1.807) is 0 Å². The predicted octanol–water partition coefficient (Wildman–Crippen LogP) is -4.66. The van der Waals surface area contributed by atoms with E-state index in [4.69, 9.17) is 0 Å². The van der Waals surface area contributed by atoms with E-state index in [9.17, 15) is 40.9 Å². The third-order valence-corrected chi connectivity index (χ3v) is 4.38. The lowest BCUT2D eigenvalue weighted by Gasteiger charge is -2.40. The van der Waals surface area contributed by atoms with Crippen LogP contribution in [-0.2, 0) is 0 Å². The molecule has 2 rings (SSSR count). The first-order valence-corrected chi connectivity index (χ1v) is 7.29. The minimum Gasteiger partial charge on any atom is -0.392 e. The van der Waals surface area contributed by atoms with Gasteiger partial charge in [0, 0.05) is 0 Å². The molecule has 0 saturated carbocycles. The lowest BCUT2D eigenvalue weighted by Crippen LogP contribution is -2.61. The summed E-state index contributed by atoms with van der Waals surface area (Å²) in [4.78, 5) is 0. The zero-order chi connectivity index (χ0) is 17.3. The van der Waals surface area contributed by atoms with Crippen molar-refractivity contribution in [1.29, 1.82) is 0 Å². The van der Waals surface area contributed by atoms with Gasteiger partial charge in [-0.05, 0) is 11.1 Å². The highest BCUT2D eigenvalue weighted by molar-refractivity contribution is 5.25. The van der Waals surface area contributed by atoms with Gasteiger partial charge >= 0.3 is 0 Å². The molecule has 0 aromatic heterocycles. The van der Waals surface area contributed by atoms with E-state index in [-0.39, 0.29) is 11.1 Å². The van der Waals surface area contributed by atoms with Gasteiger partial charge in [0.1, 0.15) is 36.6 Å². The molecular weight excluding hydrogens is 310 g/mol. The number of aliphatic hydroxyl groups excluding tert-OH is 8. The fraction of sp³-hybridized carbons (Fsp3) is 0.714. The van der Waals surface area contributed by atoms with E-state index in [1.807, 2.05) is 0 Å². The molecule has 9 N–H and O–H groups in total.